The van der Waals surface area contributed by atoms with E-state index in [2.05, 4.69) is 15.9 Å². The molecule has 124 valence electrons. The van der Waals surface area contributed by atoms with Gasteiger partial charge >= 0.3 is 0 Å². The van der Waals surface area contributed by atoms with Crippen molar-refractivity contribution in [2.45, 2.75) is 31.9 Å². The van der Waals surface area contributed by atoms with Crippen molar-refractivity contribution in [2.75, 3.05) is 4.90 Å². The summed E-state index contributed by atoms with van der Waals surface area (Å²) in [6, 6.07) is 14.0. The SMILES string of the molecule is CC(C)N1C(=O)C(O)(CC(=O)c2ccccc2Br)c2ccccc21. The van der Waals surface area contributed by atoms with Crippen molar-refractivity contribution in [1.82, 2.24) is 0 Å². The van der Waals surface area contributed by atoms with E-state index in [4.69, 9.17) is 0 Å². The highest BCUT2D eigenvalue weighted by molar-refractivity contribution is 9.10. The number of ketones is 1. The molecule has 0 aromatic heterocycles. The Morgan fingerprint density at radius 2 is 1.79 bits per heavy atom. The predicted octanol–water partition coefficient (Wildman–Crippen LogP) is 3.66. The molecule has 2 aromatic carbocycles. The highest BCUT2D eigenvalue weighted by atomic mass is 79.9. The summed E-state index contributed by atoms with van der Waals surface area (Å²) >= 11 is 3.35. The van der Waals surface area contributed by atoms with E-state index < -0.39 is 11.5 Å². The molecule has 0 bridgehead atoms. The van der Waals surface area contributed by atoms with Crippen LogP contribution in [0.25, 0.3) is 0 Å². The van der Waals surface area contributed by atoms with Crippen LogP contribution in [-0.2, 0) is 10.4 Å². The molecule has 0 aliphatic carbocycles. The average molecular weight is 388 g/mol. The lowest BCUT2D eigenvalue weighted by molar-refractivity contribution is -0.136. The fraction of sp³-hybridized carbons (Fsp3) is 0.263. The topological polar surface area (TPSA) is 57.6 Å². The van der Waals surface area contributed by atoms with E-state index in [1.807, 2.05) is 26.0 Å². The number of carbonyl (C=O) groups excluding carboxylic acids is 2. The fourth-order valence-corrected chi connectivity index (χ4v) is 3.66. The average Bonchev–Trinajstić information content (AvgIpc) is 2.76. The molecule has 1 atom stereocenters. The first-order valence-corrected chi connectivity index (χ1v) is 8.59. The molecular weight excluding hydrogens is 370 g/mol. The number of rotatable bonds is 4. The molecule has 4 nitrogen and oxygen atoms in total. The minimum absolute atomic E-state index is 0.105. The highest BCUT2D eigenvalue weighted by Gasteiger charge is 2.51. The lowest BCUT2D eigenvalue weighted by Gasteiger charge is -2.25. The van der Waals surface area contributed by atoms with Crippen LogP contribution in [0.15, 0.2) is 53.0 Å². The number of hydrogen-bond donors (Lipinski definition) is 1. The first-order valence-electron chi connectivity index (χ1n) is 7.79. The number of benzene rings is 2. The molecule has 1 N–H and O–H groups in total. The first-order chi connectivity index (χ1) is 11.4. The van der Waals surface area contributed by atoms with Gasteiger partial charge < -0.3 is 10.0 Å². The summed E-state index contributed by atoms with van der Waals surface area (Å²) in [6.45, 7) is 3.77. The summed E-state index contributed by atoms with van der Waals surface area (Å²) in [5.41, 5.74) is -0.212. The lowest BCUT2D eigenvalue weighted by Crippen LogP contribution is -2.44. The zero-order valence-corrected chi connectivity index (χ0v) is 15.1. The second-order valence-electron chi connectivity index (χ2n) is 6.23. The molecule has 2 aromatic rings. The van der Waals surface area contributed by atoms with Crippen molar-refractivity contribution < 1.29 is 14.7 Å². The second-order valence-corrected chi connectivity index (χ2v) is 7.08. The van der Waals surface area contributed by atoms with Gasteiger partial charge in [-0.05, 0) is 26.0 Å². The summed E-state index contributed by atoms with van der Waals surface area (Å²) in [5.74, 6) is -0.724. The molecule has 0 saturated heterocycles. The lowest BCUT2D eigenvalue weighted by atomic mass is 9.88. The molecular formula is C19H18BrNO3. The van der Waals surface area contributed by atoms with Crippen LogP contribution in [0.2, 0.25) is 0 Å². The molecule has 0 saturated carbocycles. The third-order valence-corrected chi connectivity index (χ3v) is 4.98. The third-order valence-electron chi connectivity index (χ3n) is 4.29. The van der Waals surface area contributed by atoms with Gasteiger partial charge in [0.25, 0.3) is 5.91 Å². The number of para-hydroxylation sites is 1. The van der Waals surface area contributed by atoms with Crippen molar-refractivity contribution in [3.8, 4) is 0 Å². The Labute approximate surface area is 149 Å². The number of carbonyl (C=O) groups is 2. The van der Waals surface area contributed by atoms with Crippen LogP contribution in [-0.4, -0.2) is 22.8 Å². The van der Waals surface area contributed by atoms with Crippen LogP contribution in [0, 0.1) is 0 Å². The van der Waals surface area contributed by atoms with E-state index in [0.717, 1.165) is 0 Å². The number of hydrogen-bond acceptors (Lipinski definition) is 3. The molecule has 0 spiro atoms. The minimum Gasteiger partial charge on any atom is -0.375 e. The highest BCUT2D eigenvalue weighted by Crippen LogP contribution is 2.43. The van der Waals surface area contributed by atoms with Gasteiger partial charge in [0.2, 0.25) is 0 Å². The Morgan fingerprint density at radius 1 is 1.17 bits per heavy atom. The summed E-state index contributed by atoms with van der Waals surface area (Å²) < 4.78 is 0.651. The Balaban J connectivity index is 2.02. The molecule has 1 aliphatic heterocycles. The van der Waals surface area contributed by atoms with Gasteiger partial charge in [-0.25, -0.2) is 0 Å². The largest absolute Gasteiger partial charge is 0.375 e. The van der Waals surface area contributed by atoms with Gasteiger partial charge in [0.05, 0.1) is 12.1 Å². The molecule has 1 heterocycles. The Morgan fingerprint density at radius 3 is 2.46 bits per heavy atom. The summed E-state index contributed by atoms with van der Waals surface area (Å²) in [6.07, 6.45) is -0.283. The van der Waals surface area contributed by atoms with E-state index >= 15 is 0 Å². The van der Waals surface area contributed by atoms with Crippen molar-refractivity contribution in [2.24, 2.45) is 0 Å². The van der Waals surface area contributed by atoms with E-state index in [1.54, 1.807) is 41.3 Å². The van der Waals surface area contributed by atoms with Gasteiger partial charge in [0.15, 0.2) is 11.4 Å². The maximum Gasteiger partial charge on any atom is 0.264 e. The van der Waals surface area contributed by atoms with Gasteiger partial charge in [-0.3, -0.25) is 9.59 Å². The Kier molecular flexibility index (Phi) is 4.32. The quantitative estimate of drug-likeness (QED) is 0.814. The second kappa shape index (κ2) is 6.15. The van der Waals surface area contributed by atoms with E-state index in [-0.39, 0.29) is 18.2 Å². The van der Waals surface area contributed by atoms with E-state index in [9.17, 15) is 14.7 Å². The maximum absolute atomic E-state index is 12.9. The standard InChI is InChI=1S/C19H18BrNO3/c1-12(2)21-16-10-6-4-8-14(16)19(24,18(21)23)11-17(22)13-7-3-5-9-15(13)20/h3-10,12,24H,11H2,1-2H3. The van der Waals surface area contributed by atoms with Crippen molar-refractivity contribution in [1.29, 1.82) is 0 Å². The number of anilines is 1. The molecule has 1 amide bonds. The fourth-order valence-electron chi connectivity index (χ4n) is 3.16. The van der Waals surface area contributed by atoms with Crippen LogP contribution < -0.4 is 4.90 Å². The molecule has 1 aliphatic rings. The van der Waals surface area contributed by atoms with Crippen molar-refractivity contribution >= 4 is 33.3 Å². The number of aliphatic hydroxyl groups is 1. The minimum atomic E-state index is -1.83. The number of Topliss-reactive ketones (excluding diaryl/α,β-unsaturated/α-hetero) is 1. The van der Waals surface area contributed by atoms with Crippen LogP contribution in [0.4, 0.5) is 5.69 Å². The van der Waals surface area contributed by atoms with Crippen LogP contribution in [0.1, 0.15) is 36.2 Å². The number of amides is 1. The molecule has 5 heteroatoms. The van der Waals surface area contributed by atoms with E-state index in [1.165, 1.54) is 0 Å². The molecule has 1 unspecified atom stereocenters. The normalized spacial score (nSPS) is 19.7. The maximum atomic E-state index is 12.9. The summed E-state index contributed by atoms with van der Waals surface area (Å²) in [4.78, 5) is 27.1. The number of nitrogens with zero attached hydrogens (tertiary/aromatic N) is 1. The predicted molar refractivity (Wildman–Crippen MR) is 96.1 cm³/mol. The van der Waals surface area contributed by atoms with Gasteiger partial charge in [-0.15, -0.1) is 0 Å². The van der Waals surface area contributed by atoms with Gasteiger partial charge in [0.1, 0.15) is 0 Å². The number of fused-ring (bicyclic) bond motifs is 1. The number of halogens is 1. The zero-order valence-electron chi connectivity index (χ0n) is 13.5. The van der Waals surface area contributed by atoms with Crippen molar-refractivity contribution in [3.63, 3.8) is 0 Å². The smallest absolute Gasteiger partial charge is 0.264 e. The van der Waals surface area contributed by atoms with Gasteiger partial charge in [-0.2, -0.15) is 0 Å². The Bertz CT molecular complexity index is 818. The third kappa shape index (κ3) is 2.58. The Hall–Kier alpha value is -1.98. The van der Waals surface area contributed by atoms with Crippen LogP contribution in [0.3, 0.4) is 0 Å². The first kappa shape index (κ1) is 16.9. The zero-order chi connectivity index (χ0) is 17.5. The van der Waals surface area contributed by atoms with Crippen molar-refractivity contribution in [3.05, 3.63) is 64.1 Å². The molecule has 0 fully saturated rings. The van der Waals surface area contributed by atoms with E-state index in [0.29, 0.717) is 21.3 Å². The van der Waals surface area contributed by atoms with Gasteiger partial charge in [0, 0.05) is 21.6 Å². The molecule has 24 heavy (non-hydrogen) atoms. The van der Waals surface area contributed by atoms with Gasteiger partial charge in [-0.1, -0.05) is 52.3 Å². The monoisotopic (exact) mass is 387 g/mol. The summed E-state index contributed by atoms with van der Waals surface area (Å²) in [5, 5.41) is 11.1. The summed E-state index contributed by atoms with van der Waals surface area (Å²) in [7, 11) is 0. The molecule has 3 rings (SSSR count). The molecule has 0 radical (unpaired) electrons. The van der Waals surface area contributed by atoms with Crippen LogP contribution in [0.5, 0.6) is 0 Å². The van der Waals surface area contributed by atoms with Crippen LogP contribution >= 0.6 is 15.9 Å².